The van der Waals surface area contributed by atoms with Crippen LogP contribution < -0.4 is 5.43 Å². The maximum absolute atomic E-state index is 12.0. The van der Waals surface area contributed by atoms with Crippen molar-refractivity contribution in [3.8, 4) is 5.69 Å². The topological polar surface area (TPSA) is 98.0 Å². The number of hydrazone groups is 1. The predicted molar refractivity (Wildman–Crippen MR) is 83.1 cm³/mol. The molecule has 3 rings (SSSR count). The highest BCUT2D eigenvalue weighted by molar-refractivity contribution is 6.01. The molecule has 8 nitrogen and oxygen atoms in total. The summed E-state index contributed by atoms with van der Waals surface area (Å²) >= 11 is 0. The fourth-order valence-electron chi connectivity index (χ4n) is 1.92. The molecule has 1 N–H and O–H groups in total. The Balaban J connectivity index is 1.76. The summed E-state index contributed by atoms with van der Waals surface area (Å²) in [6.45, 7) is 1.81. The van der Waals surface area contributed by atoms with E-state index in [9.17, 15) is 4.79 Å². The van der Waals surface area contributed by atoms with Crippen molar-refractivity contribution in [1.29, 1.82) is 0 Å². The van der Waals surface area contributed by atoms with Crippen molar-refractivity contribution >= 4 is 11.6 Å². The van der Waals surface area contributed by atoms with Crippen molar-refractivity contribution in [2.45, 2.75) is 6.92 Å². The molecule has 0 saturated carbocycles. The Kier molecular flexibility index (Phi) is 4.14. The van der Waals surface area contributed by atoms with Gasteiger partial charge in [-0.15, -0.1) is 5.10 Å². The summed E-state index contributed by atoms with van der Waals surface area (Å²) in [5.41, 5.74) is 5.36. The fraction of sp³-hybridized carbons (Fsp3) is 0.0667. The molecule has 0 unspecified atom stereocenters. The molecule has 2 heterocycles. The number of nitrogens with zero attached hydrogens (tertiary/aromatic N) is 6. The number of nitrogens with one attached hydrogen (secondary N) is 1. The first-order valence-corrected chi connectivity index (χ1v) is 6.82. The zero-order valence-electron chi connectivity index (χ0n) is 12.3. The van der Waals surface area contributed by atoms with E-state index >= 15 is 0 Å². The Bertz CT molecular complexity index is 828. The van der Waals surface area contributed by atoms with Gasteiger partial charge in [0.1, 0.15) is 6.33 Å². The summed E-state index contributed by atoms with van der Waals surface area (Å²) in [5, 5.41) is 15.2. The van der Waals surface area contributed by atoms with Crippen molar-refractivity contribution in [2.24, 2.45) is 5.10 Å². The zero-order chi connectivity index (χ0) is 16.1. The number of pyridine rings is 1. The van der Waals surface area contributed by atoms with Crippen LogP contribution in [0.3, 0.4) is 0 Å². The maximum Gasteiger partial charge on any atom is 0.271 e. The Labute approximate surface area is 131 Å². The molecular weight excluding hydrogens is 294 g/mol. The van der Waals surface area contributed by atoms with Gasteiger partial charge in [0.25, 0.3) is 5.91 Å². The average molecular weight is 307 g/mol. The van der Waals surface area contributed by atoms with Crippen molar-refractivity contribution in [1.82, 2.24) is 30.6 Å². The zero-order valence-corrected chi connectivity index (χ0v) is 12.3. The number of rotatable bonds is 4. The molecule has 0 atom stereocenters. The van der Waals surface area contributed by atoms with E-state index in [-0.39, 0.29) is 5.91 Å². The lowest BCUT2D eigenvalue weighted by molar-refractivity contribution is 0.0954. The van der Waals surface area contributed by atoms with E-state index in [0.717, 1.165) is 11.3 Å². The number of amides is 1. The fourth-order valence-corrected chi connectivity index (χ4v) is 1.92. The molecule has 0 aliphatic rings. The van der Waals surface area contributed by atoms with Crippen LogP contribution in [0, 0.1) is 0 Å². The van der Waals surface area contributed by atoms with E-state index in [2.05, 4.69) is 31.0 Å². The maximum atomic E-state index is 12.0. The number of carbonyl (C=O) groups is 1. The molecule has 2 aromatic heterocycles. The number of aromatic nitrogens is 5. The minimum atomic E-state index is -0.289. The van der Waals surface area contributed by atoms with Crippen LogP contribution in [0.4, 0.5) is 0 Å². The summed E-state index contributed by atoms with van der Waals surface area (Å²) in [6, 6.07) is 10.8. The first kappa shape index (κ1) is 14.5. The molecule has 8 heteroatoms. The number of tetrazole rings is 1. The molecule has 1 amide bonds. The molecule has 0 spiro atoms. The number of hydrogen-bond donors (Lipinski definition) is 1. The highest BCUT2D eigenvalue weighted by atomic mass is 16.2. The molecule has 0 aliphatic heterocycles. The van der Waals surface area contributed by atoms with E-state index in [1.165, 1.54) is 6.33 Å². The molecule has 114 valence electrons. The van der Waals surface area contributed by atoms with E-state index in [1.54, 1.807) is 29.2 Å². The van der Waals surface area contributed by atoms with Gasteiger partial charge in [-0.3, -0.25) is 9.78 Å². The molecule has 1 aromatic carbocycles. The van der Waals surface area contributed by atoms with Gasteiger partial charge in [-0.1, -0.05) is 12.1 Å². The lowest BCUT2D eigenvalue weighted by atomic mass is 10.1. The largest absolute Gasteiger partial charge is 0.271 e. The van der Waals surface area contributed by atoms with E-state index in [0.29, 0.717) is 11.3 Å². The Morgan fingerprint density at radius 3 is 2.74 bits per heavy atom. The third-order valence-corrected chi connectivity index (χ3v) is 3.15. The second-order valence-corrected chi connectivity index (χ2v) is 4.68. The molecule has 0 saturated heterocycles. The average Bonchev–Trinajstić information content (AvgIpc) is 3.15. The lowest BCUT2D eigenvalue weighted by Crippen LogP contribution is -2.19. The van der Waals surface area contributed by atoms with Crippen molar-refractivity contribution in [3.63, 3.8) is 0 Å². The summed E-state index contributed by atoms with van der Waals surface area (Å²) in [7, 11) is 0. The Morgan fingerprint density at radius 2 is 2.00 bits per heavy atom. The summed E-state index contributed by atoms with van der Waals surface area (Å²) < 4.78 is 1.55. The van der Waals surface area contributed by atoms with Crippen LogP contribution in [0.1, 0.15) is 22.8 Å². The van der Waals surface area contributed by atoms with Gasteiger partial charge in [0.05, 0.1) is 11.4 Å². The minimum absolute atomic E-state index is 0.289. The van der Waals surface area contributed by atoms with Crippen molar-refractivity contribution < 1.29 is 4.79 Å². The normalized spacial score (nSPS) is 11.3. The van der Waals surface area contributed by atoms with Crippen LogP contribution in [-0.4, -0.2) is 36.8 Å². The van der Waals surface area contributed by atoms with Crippen LogP contribution in [0.5, 0.6) is 0 Å². The first-order chi connectivity index (χ1) is 11.2. The minimum Gasteiger partial charge on any atom is -0.267 e. The van der Waals surface area contributed by atoms with Crippen molar-refractivity contribution in [2.75, 3.05) is 0 Å². The van der Waals surface area contributed by atoms with E-state index in [1.807, 2.05) is 31.2 Å². The van der Waals surface area contributed by atoms with Gasteiger partial charge in [-0.2, -0.15) is 5.10 Å². The third kappa shape index (κ3) is 3.43. The standard InChI is InChI=1S/C15H13N7O/c1-11(18-19-15(23)12-5-7-16-8-6-12)13-3-2-4-14(9-13)22-10-17-20-21-22/h2-10H,1H3,(H,19,23)/b18-11+. The first-order valence-electron chi connectivity index (χ1n) is 6.82. The SMILES string of the molecule is C/C(=N\NC(=O)c1ccncc1)c1cccc(-n2cnnn2)c1. The van der Waals surface area contributed by atoms with Gasteiger partial charge in [0.15, 0.2) is 0 Å². The van der Waals surface area contributed by atoms with Gasteiger partial charge in [-0.25, -0.2) is 10.1 Å². The summed E-state index contributed by atoms with van der Waals surface area (Å²) in [4.78, 5) is 15.8. The van der Waals surface area contributed by atoms with E-state index < -0.39 is 0 Å². The van der Waals surface area contributed by atoms with Crippen LogP contribution in [0.25, 0.3) is 5.69 Å². The Hall–Kier alpha value is -3.42. The van der Waals surface area contributed by atoms with Crippen LogP contribution >= 0.6 is 0 Å². The molecule has 0 aliphatic carbocycles. The molecular formula is C15H13N7O. The highest BCUT2D eigenvalue weighted by Gasteiger charge is 2.05. The van der Waals surface area contributed by atoms with Crippen molar-refractivity contribution in [3.05, 3.63) is 66.2 Å². The van der Waals surface area contributed by atoms with Crippen LogP contribution in [0.2, 0.25) is 0 Å². The second kappa shape index (κ2) is 6.56. The quantitative estimate of drug-likeness (QED) is 0.577. The smallest absolute Gasteiger partial charge is 0.267 e. The molecule has 0 fully saturated rings. The van der Waals surface area contributed by atoms with Gasteiger partial charge in [-0.05, 0) is 47.2 Å². The lowest BCUT2D eigenvalue weighted by Gasteiger charge is -2.05. The van der Waals surface area contributed by atoms with Crippen LogP contribution in [-0.2, 0) is 0 Å². The van der Waals surface area contributed by atoms with E-state index in [4.69, 9.17) is 0 Å². The van der Waals surface area contributed by atoms with Gasteiger partial charge in [0.2, 0.25) is 0 Å². The molecule has 0 bridgehead atoms. The van der Waals surface area contributed by atoms with Crippen LogP contribution in [0.15, 0.2) is 60.2 Å². The second-order valence-electron chi connectivity index (χ2n) is 4.68. The number of benzene rings is 1. The highest BCUT2D eigenvalue weighted by Crippen LogP contribution is 2.09. The van der Waals surface area contributed by atoms with Gasteiger partial charge >= 0.3 is 0 Å². The Morgan fingerprint density at radius 1 is 1.17 bits per heavy atom. The third-order valence-electron chi connectivity index (χ3n) is 3.15. The van der Waals surface area contributed by atoms with Gasteiger partial charge in [0, 0.05) is 18.0 Å². The summed E-state index contributed by atoms with van der Waals surface area (Å²) in [6.07, 6.45) is 4.62. The number of hydrogen-bond acceptors (Lipinski definition) is 6. The molecule has 23 heavy (non-hydrogen) atoms. The molecule has 3 aromatic rings. The number of carbonyl (C=O) groups excluding carboxylic acids is 1. The molecule has 0 radical (unpaired) electrons. The summed E-state index contributed by atoms with van der Waals surface area (Å²) in [5.74, 6) is -0.289. The monoisotopic (exact) mass is 307 g/mol. The predicted octanol–water partition coefficient (Wildman–Crippen LogP) is 1.21. The van der Waals surface area contributed by atoms with Gasteiger partial charge < -0.3 is 0 Å².